The summed E-state index contributed by atoms with van der Waals surface area (Å²) < 4.78 is 5.33. The van der Waals surface area contributed by atoms with Crippen LogP contribution in [-0.4, -0.2) is 16.1 Å². The highest BCUT2D eigenvalue weighted by Crippen LogP contribution is 2.34. The maximum atomic E-state index is 12.1. The molecule has 6 nitrogen and oxygen atoms in total. The lowest BCUT2D eigenvalue weighted by atomic mass is 10.2. The van der Waals surface area contributed by atoms with Gasteiger partial charge in [0.05, 0.1) is 38.3 Å². The Morgan fingerprint density at radius 2 is 1.79 bits per heavy atom. The van der Waals surface area contributed by atoms with E-state index < -0.39 is 6.09 Å². The minimum absolute atomic E-state index is 0.337. The second-order valence-electron chi connectivity index (χ2n) is 6.06. The quantitative estimate of drug-likeness (QED) is 0.422. The van der Waals surface area contributed by atoms with Gasteiger partial charge in [-0.25, -0.2) is 9.78 Å². The zero-order valence-electron chi connectivity index (χ0n) is 14.7. The van der Waals surface area contributed by atoms with Crippen LogP contribution in [0.2, 0.25) is 10.0 Å². The van der Waals surface area contributed by atoms with E-state index in [0.29, 0.717) is 49.5 Å². The van der Waals surface area contributed by atoms with Crippen LogP contribution in [0.5, 0.6) is 5.75 Å². The molecule has 0 atom stereocenters. The molecule has 0 saturated carbocycles. The van der Waals surface area contributed by atoms with E-state index in [9.17, 15) is 4.79 Å². The first kappa shape index (κ1) is 18.8. The topological polar surface area (TPSA) is 90.8 Å². The molecule has 0 fully saturated rings. The Labute approximate surface area is 175 Å². The molecule has 0 saturated heterocycles. The largest absolute Gasteiger partial charge is 0.417 e. The number of imidazole rings is 1. The molecule has 142 valence electrons. The van der Waals surface area contributed by atoms with Gasteiger partial charge in [0.25, 0.3) is 0 Å². The van der Waals surface area contributed by atoms with Gasteiger partial charge >= 0.3 is 6.09 Å². The number of fused-ring (bicyclic) bond motifs is 1. The number of rotatable bonds is 3. The SMILES string of the molecule is N#Cc1ccc(NC(=O)Oc2ccc3nc(-c4c(Cl)cccc4Cl)[nH]c3c2)cc1. The number of ether oxygens (including phenoxy) is 1. The Morgan fingerprint density at radius 1 is 1.07 bits per heavy atom. The number of anilines is 1. The molecular weight excluding hydrogens is 411 g/mol. The molecule has 1 aromatic heterocycles. The van der Waals surface area contributed by atoms with E-state index in [2.05, 4.69) is 15.3 Å². The molecule has 0 radical (unpaired) electrons. The third-order valence-corrected chi connectivity index (χ3v) is 4.75. The molecule has 4 rings (SSSR count). The van der Waals surface area contributed by atoms with E-state index in [0.717, 1.165) is 0 Å². The third kappa shape index (κ3) is 4.02. The van der Waals surface area contributed by atoms with Gasteiger partial charge in [-0.2, -0.15) is 5.26 Å². The van der Waals surface area contributed by atoms with Gasteiger partial charge in [-0.3, -0.25) is 5.32 Å². The van der Waals surface area contributed by atoms with Crippen molar-refractivity contribution in [1.29, 1.82) is 5.26 Å². The van der Waals surface area contributed by atoms with Gasteiger partial charge in [-0.1, -0.05) is 29.3 Å². The van der Waals surface area contributed by atoms with Crippen molar-refractivity contribution in [3.8, 4) is 23.2 Å². The van der Waals surface area contributed by atoms with E-state index in [4.69, 9.17) is 33.2 Å². The number of H-pyrrole nitrogens is 1. The zero-order valence-corrected chi connectivity index (χ0v) is 16.3. The molecule has 0 spiro atoms. The van der Waals surface area contributed by atoms with Gasteiger partial charge in [0.2, 0.25) is 0 Å². The summed E-state index contributed by atoms with van der Waals surface area (Å²) in [5.74, 6) is 0.860. The van der Waals surface area contributed by atoms with Gasteiger partial charge in [-0.05, 0) is 48.5 Å². The number of halogens is 2. The molecule has 29 heavy (non-hydrogen) atoms. The maximum Gasteiger partial charge on any atom is 0.417 e. The Morgan fingerprint density at radius 3 is 2.48 bits per heavy atom. The second-order valence-corrected chi connectivity index (χ2v) is 6.88. The monoisotopic (exact) mass is 422 g/mol. The van der Waals surface area contributed by atoms with E-state index in [-0.39, 0.29) is 0 Å². The van der Waals surface area contributed by atoms with E-state index in [1.54, 1.807) is 60.7 Å². The Kier molecular flexibility index (Phi) is 5.09. The van der Waals surface area contributed by atoms with Crippen molar-refractivity contribution in [1.82, 2.24) is 9.97 Å². The molecule has 1 heterocycles. The van der Waals surface area contributed by atoms with Crippen LogP contribution in [0.15, 0.2) is 60.7 Å². The fraction of sp³-hybridized carbons (Fsp3) is 0. The minimum Gasteiger partial charge on any atom is -0.410 e. The summed E-state index contributed by atoms with van der Waals surface area (Å²) in [6, 6.07) is 18.7. The lowest BCUT2D eigenvalue weighted by Crippen LogP contribution is -2.16. The number of hydrogen-bond acceptors (Lipinski definition) is 4. The van der Waals surface area contributed by atoms with Gasteiger partial charge in [-0.15, -0.1) is 0 Å². The summed E-state index contributed by atoms with van der Waals surface area (Å²) in [5.41, 5.74) is 2.97. The molecule has 0 aliphatic rings. The van der Waals surface area contributed by atoms with Crippen molar-refractivity contribution in [3.05, 3.63) is 76.3 Å². The van der Waals surface area contributed by atoms with Crippen molar-refractivity contribution < 1.29 is 9.53 Å². The summed E-state index contributed by atoms with van der Waals surface area (Å²) in [5, 5.41) is 12.4. The summed E-state index contributed by atoms with van der Waals surface area (Å²) in [6.07, 6.45) is -0.650. The van der Waals surface area contributed by atoms with E-state index >= 15 is 0 Å². The minimum atomic E-state index is -0.650. The van der Waals surface area contributed by atoms with E-state index in [1.165, 1.54) is 0 Å². The van der Waals surface area contributed by atoms with Crippen LogP contribution in [0.1, 0.15) is 5.56 Å². The number of amides is 1. The standard InChI is InChI=1S/C21H12Cl2N4O2/c22-15-2-1-3-16(23)19(15)20-26-17-9-8-14(10-18(17)27-20)29-21(28)25-13-6-4-12(11-24)5-7-13/h1-10H,(H,25,28)(H,26,27). The number of carbonyl (C=O) groups is 1. The zero-order chi connectivity index (χ0) is 20.4. The van der Waals surface area contributed by atoms with Gasteiger partial charge in [0, 0.05) is 11.8 Å². The fourth-order valence-corrected chi connectivity index (χ4v) is 3.35. The first-order valence-electron chi connectivity index (χ1n) is 8.46. The number of carbonyl (C=O) groups excluding carboxylic acids is 1. The highest BCUT2D eigenvalue weighted by Gasteiger charge is 2.14. The summed E-state index contributed by atoms with van der Waals surface area (Å²) in [4.78, 5) is 19.8. The predicted molar refractivity (Wildman–Crippen MR) is 112 cm³/mol. The third-order valence-electron chi connectivity index (χ3n) is 4.12. The summed E-state index contributed by atoms with van der Waals surface area (Å²) in [6.45, 7) is 0. The molecule has 2 N–H and O–H groups in total. The van der Waals surface area contributed by atoms with Crippen LogP contribution in [0, 0.1) is 11.3 Å². The molecule has 0 aliphatic heterocycles. The average molecular weight is 423 g/mol. The van der Waals surface area contributed by atoms with Crippen LogP contribution < -0.4 is 10.1 Å². The average Bonchev–Trinajstić information content (AvgIpc) is 3.11. The fourth-order valence-electron chi connectivity index (χ4n) is 2.77. The van der Waals surface area contributed by atoms with Crippen molar-refractivity contribution >= 4 is 46.0 Å². The Balaban J connectivity index is 1.54. The van der Waals surface area contributed by atoms with E-state index in [1.807, 2.05) is 6.07 Å². The molecule has 0 unspecified atom stereocenters. The molecule has 0 aliphatic carbocycles. The first-order chi connectivity index (χ1) is 14.0. The predicted octanol–water partition coefficient (Wildman–Crippen LogP) is 6.02. The number of nitrogens with zero attached hydrogens (tertiary/aromatic N) is 2. The second kappa shape index (κ2) is 7.84. The van der Waals surface area contributed by atoms with Crippen molar-refractivity contribution in [2.45, 2.75) is 0 Å². The molecule has 0 bridgehead atoms. The Bertz CT molecular complexity index is 1240. The lowest BCUT2D eigenvalue weighted by Gasteiger charge is -2.06. The molecule has 1 amide bonds. The molecule has 3 aromatic carbocycles. The van der Waals surface area contributed by atoms with Crippen molar-refractivity contribution in [2.75, 3.05) is 5.32 Å². The Hall–Kier alpha value is -3.53. The van der Waals surface area contributed by atoms with Gasteiger partial charge in [0.15, 0.2) is 0 Å². The normalized spacial score (nSPS) is 10.5. The summed E-state index contributed by atoms with van der Waals surface area (Å²) in [7, 11) is 0. The van der Waals surface area contributed by atoms with Crippen LogP contribution in [0.25, 0.3) is 22.4 Å². The molecule has 8 heteroatoms. The smallest absolute Gasteiger partial charge is 0.410 e. The number of hydrogen-bond donors (Lipinski definition) is 2. The first-order valence-corrected chi connectivity index (χ1v) is 9.22. The maximum absolute atomic E-state index is 12.1. The molecular formula is C21H12Cl2N4O2. The van der Waals surface area contributed by atoms with Crippen molar-refractivity contribution in [3.63, 3.8) is 0 Å². The number of nitrogens with one attached hydrogen (secondary N) is 2. The highest BCUT2D eigenvalue weighted by molar-refractivity contribution is 6.39. The van der Waals surface area contributed by atoms with Gasteiger partial charge in [0.1, 0.15) is 11.6 Å². The number of aromatic nitrogens is 2. The van der Waals surface area contributed by atoms with Crippen LogP contribution >= 0.6 is 23.2 Å². The summed E-state index contributed by atoms with van der Waals surface area (Å²) >= 11 is 12.5. The number of nitriles is 1. The van der Waals surface area contributed by atoms with Crippen LogP contribution in [0.3, 0.4) is 0 Å². The van der Waals surface area contributed by atoms with Gasteiger partial charge < -0.3 is 9.72 Å². The number of aromatic amines is 1. The van der Waals surface area contributed by atoms with Crippen LogP contribution in [0.4, 0.5) is 10.5 Å². The highest BCUT2D eigenvalue weighted by atomic mass is 35.5. The van der Waals surface area contributed by atoms with Crippen LogP contribution in [-0.2, 0) is 0 Å². The number of benzene rings is 3. The van der Waals surface area contributed by atoms with Crippen molar-refractivity contribution in [2.24, 2.45) is 0 Å². The molecule has 4 aromatic rings. The lowest BCUT2D eigenvalue weighted by molar-refractivity contribution is 0.215.